The SMILES string of the molecule is NC(=O)C1C=N1. The van der Waals surface area contributed by atoms with Gasteiger partial charge in [0.2, 0.25) is 5.91 Å². The van der Waals surface area contributed by atoms with Crippen LogP contribution in [0.4, 0.5) is 0 Å². The van der Waals surface area contributed by atoms with Crippen LogP contribution in [-0.2, 0) is 4.79 Å². The van der Waals surface area contributed by atoms with Gasteiger partial charge in [-0.2, -0.15) is 0 Å². The number of carbonyl (C=O) groups is 1. The lowest BCUT2D eigenvalue weighted by Gasteiger charge is -1.76. The molecular weight excluding hydrogens is 80.0 g/mol. The van der Waals surface area contributed by atoms with Crippen LogP contribution >= 0.6 is 0 Å². The number of amides is 1. The zero-order valence-electron chi connectivity index (χ0n) is 3.09. The average Bonchev–Trinajstić information content (AvgIpc) is 2.06. The van der Waals surface area contributed by atoms with E-state index in [1.54, 1.807) is 0 Å². The van der Waals surface area contributed by atoms with Crippen LogP contribution in [0.5, 0.6) is 0 Å². The highest BCUT2D eigenvalue weighted by Gasteiger charge is 2.18. The molecule has 3 heteroatoms. The lowest BCUT2D eigenvalue weighted by molar-refractivity contribution is -0.117. The van der Waals surface area contributed by atoms with Crippen molar-refractivity contribution >= 4 is 12.1 Å². The second-order valence-corrected chi connectivity index (χ2v) is 1.15. The highest BCUT2D eigenvalue weighted by Crippen LogP contribution is 1.96. The topological polar surface area (TPSA) is 55.5 Å². The maximum Gasteiger partial charge on any atom is 0.247 e. The molecule has 3 nitrogen and oxygen atoms in total. The van der Waals surface area contributed by atoms with Crippen LogP contribution in [0.15, 0.2) is 4.99 Å². The second-order valence-electron chi connectivity index (χ2n) is 1.15. The summed E-state index contributed by atoms with van der Waals surface area (Å²) in [6.45, 7) is 0. The highest BCUT2D eigenvalue weighted by atomic mass is 16.1. The minimum Gasteiger partial charge on any atom is -0.367 e. The van der Waals surface area contributed by atoms with E-state index in [0.717, 1.165) is 0 Å². The third-order valence-electron chi connectivity index (χ3n) is 0.590. The van der Waals surface area contributed by atoms with Gasteiger partial charge >= 0.3 is 0 Å². The molecule has 0 bridgehead atoms. The number of nitrogens with two attached hydrogens (primary N) is 1. The van der Waals surface area contributed by atoms with Crippen LogP contribution in [0.25, 0.3) is 0 Å². The molecule has 1 amide bonds. The first-order valence-corrected chi connectivity index (χ1v) is 1.63. The van der Waals surface area contributed by atoms with Crippen LogP contribution in [-0.4, -0.2) is 18.2 Å². The molecule has 0 aromatic heterocycles. The highest BCUT2D eigenvalue weighted by molar-refractivity contribution is 6.05. The molecule has 0 radical (unpaired) electrons. The van der Waals surface area contributed by atoms with Crippen molar-refractivity contribution in [3.8, 4) is 0 Å². The molecule has 2 N–H and O–H groups in total. The number of hydrogen-bond donors (Lipinski definition) is 1. The Hall–Kier alpha value is -0.860. The molecule has 6 heavy (non-hydrogen) atoms. The summed E-state index contributed by atoms with van der Waals surface area (Å²) in [7, 11) is 0. The minimum atomic E-state index is -0.352. The van der Waals surface area contributed by atoms with Gasteiger partial charge in [0.1, 0.15) is 0 Å². The summed E-state index contributed by atoms with van der Waals surface area (Å²) in [5.74, 6) is -0.352. The number of hydrogen-bond acceptors (Lipinski definition) is 2. The molecule has 0 fully saturated rings. The molecule has 1 aliphatic rings. The number of aliphatic imine (C=N–C) groups is 1. The van der Waals surface area contributed by atoms with Gasteiger partial charge < -0.3 is 5.73 Å². The van der Waals surface area contributed by atoms with E-state index in [9.17, 15) is 4.79 Å². The molecule has 0 aromatic rings. The Morgan fingerprint density at radius 3 is 2.50 bits per heavy atom. The van der Waals surface area contributed by atoms with E-state index in [-0.39, 0.29) is 11.9 Å². The van der Waals surface area contributed by atoms with Crippen molar-refractivity contribution in [1.29, 1.82) is 0 Å². The lowest BCUT2D eigenvalue weighted by atomic mass is 10.4. The summed E-state index contributed by atoms with van der Waals surface area (Å²) >= 11 is 0. The Morgan fingerprint density at radius 2 is 2.50 bits per heavy atom. The Labute approximate surface area is 34.9 Å². The smallest absolute Gasteiger partial charge is 0.247 e. The van der Waals surface area contributed by atoms with Gasteiger partial charge in [0.25, 0.3) is 0 Å². The Morgan fingerprint density at radius 1 is 2.00 bits per heavy atom. The van der Waals surface area contributed by atoms with Crippen LogP contribution in [0.2, 0.25) is 0 Å². The number of primary amides is 1. The van der Waals surface area contributed by atoms with Crippen LogP contribution < -0.4 is 5.73 Å². The van der Waals surface area contributed by atoms with E-state index in [0.29, 0.717) is 0 Å². The molecular formula is C3H4N2O. The first-order chi connectivity index (χ1) is 2.80. The monoisotopic (exact) mass is 84.0 g/mol. The molecule has 1 atom stereocenters. The van der Waals surface area contributed by atoms with Crippen molar-refractivity contribution < 1.29 is 4.79 Å². The zero-order chi connectivity index (χ0) is 4.57. The van der Waals surface area contributed by atoms with Gasteiger partial charge in [-0.05, 0) is 0 Å². The molecule has 0 aliphatic carbocycles. The maximum absolute atomic E-state index is 9.86. The largest absolute Gasteiger partial charge is 0.367 e. The van der Waals surface area contributed by atoms with Crippen molar-refractivity contribution in [3.63, 3.8) is 0 Å². The number of nitrogens with zero attached hydrogens (tertiary/aromatic N) is 1. The first-order valence-electron chi connectivity index (χ1n) is 1.63. The fourth-order valence-electron chi connectivity index (χ4n) is 0.190. The van der Waals surface area contributed by atoms with Crippen LogP contribution in [0.1, 0.15) is 0 Å². The molecule has 0 saturated heterocycles. The maximum atomic E-state index is 9.86. The summed E-state index contributed by atoms with van der Waals surface area (Å²) in [6.07, 6.45) is 1.52. The molecule has 1 heterocycles. The standard InChI is InChI=1S/C3H4N2O/c4-3(6)2-1-5-2/h1-2H,(H2,4,6). The van der Waals surface area contributed by atoms with Crippen molar-refractivity contribution in [1.82, 2.24) is 0 Å². The van der Waals surface area contributed by atoms with Crippen molar-refractivity contribution in [3.05, 3.63) is 0 Å². The van der Waals surface area contributed by atoms with Gasteiger partial charge in [-0.3, -0.25) is 9.79 Å². The molecule has 1 rings (SSSR count). The van der Waals surface area contributed by atoms with Crippen molar-refractivity contribution in [2.45, 2.75) is 6.04 Å². The summed E-state index contributed by atoms with van der Waals surface area (Å²) < 4.78 is 0. The number of carbonyl (C=O) groups excluding carboxylic acids is 1. The van der Waals surface area contributed by atoms with E-state index in [1.807, 2.05) is 0 Å². The summed E-state index contributed by atoms with van der Waals surface area (Å²) in [6, 6.07) is -0.259. The van der Waals surface area contributed by atoms with Crippen molar-refractivity contribution in [2.75, 3.05) is 0 Å². The zero-order valence-corrected chi connectivity index (χ0v) is 3.09. The molecule has 0 spiro atoms. The molecule has 1 aliphatic heterocycles. The van der Waals surface area contributed by atoms with Gasteiger partial charge in [0.15, 0.2) is 6.04 Å². The predicted octanol–water partition coefficient (Wildman–Crippen LogP) is -1.08. The van der Waals surface area contributed by atoms with Crippen LogP contribution in [0, 0.1) is 0 Å². The lowest BCUT2D eigenvalue weighted by Crippen LogP contribution is -2.18. The van der Waals surface area contributed by atoms with Gasteiger partial charge in [-0.15, -0.1) is 0 Å². The summed E-state index contributed by atoms with van der Waals surface area (Å²) in [4.78, 5) is 13.4. The third kappa shape index (κ3) is 0.381. The third-order valence-corrected chi connectivity index (χ3v) is 0.590. The molecule has 0 saturated carbocycles. The quantitative estimate of drug-likeness (QED) is 0.432. The van der Waals surface area contributed by atoms with E-state index in [1.165, 1.54) is 6.21 Å². The molecule has 0 aromatic carbocycles. The van der Waals surface area contributed by atoms with Gasteiger partial charge in [0, 0.05) is 6.21 Å². The summed E-state index contributed by atoms with van der Waals surface area (Å²) in [5.41, 5.74) is 4.73. The summed E-state index contributed by atoms with van der Waals surface area (Å²) in [5, 5.41) is 0. The predicted molar refractivity (Wildman–Crippen MR) is 21.5 cm³/mol. The van der Waals surface area contributed by atoms with Crippen LogP contribution in [0.3, 0.4) is 0 Å². The fourth-order valence-corrected chi connectivity index (χ4v) is 0.190. The first kappa shape index (κ1) is 3.33. The van der Waals surface area contributed by atoms with Gasteiger partial charge in [0.05, 0.1) is 0 Å². The van der Waals surface area contributed by atoms with Gasteiger partial charge in [-0.1, -0.05) is 0 Å². The Bertz CT molecular complexity index is 101. The molecule has 1 unspecified atom stereocenters. The van der Waals surface area contributed by atoms with E-state index < -0.39 is 0 Å². The Balaban J connectivity index is 2.35. The normalized spacial score (nSPS) is 27.0. The fraction of sp³-hybridized carbons (Fsp3) is 0.333. The minimum absolute atomic E-state index is 0.259. The Kier molecular flexibility index (Phi) is 0.445. The average molecular weight is 84.1 g/mol. The van der Waals surface area contributed by atoms with Gasteiger partial charge in [-0.25, -0.2) is 0 Å². The van der Waals surface area contributed by atoms with E-state index in [4.69, 9.17) is 5.73 Å². The second kappa shape index (κ2) is 0.801. The van der Waals surface area contributed by atoms with E-state index in [2.05, 4.69) is 4.99 Å². The number of rotatable bonds is 1. The van der Waals surface area contributed by atoms with Crippen molar-refractivity contribution in [2.24, 2.45) is 10.7 Å². The van der Waals surface area contributed by atoms with E-state index >= 15 is 0 Å². The molecule has 32 valence electrons.